The highest BCUT2D eigenvalue weighted by Gasteiger charge is 2.20. The average Bonchev–Trinajstić information content (AvgIpc) is 2.71. The van der Waals surface area contributed by atoms with Crippen molar-refractivity contribution in [1.82, 2.24) is 0 Å². The van der Waals surface area contributed by atoms with Crippen LogP contribution in [0.15, 0.2) is 47.4 Å². The zero-order valence-electron chi connectivity index (χ0n) is 15.5. The van der Waals surface area contributed by atoms with Crippen molar-refractivity contribution in [2.24, 2.45) is 0 Å². The Balaban J connectivity index is 1.95. The van der Waals surface area contributed by atoms with Crippen LogP contribution in [0.4, 0.5) is 5.69 Å². The number of methoxy groups -OCH3 is 2. The van der Waals surface area contributed by atoms with E-state index in [1.165, 1.54) is 44.2 Å². The van der Waals surface area contributed by atoms with Crippen LogP contribution in [0.3, 0.4) is 0 Å². The number of rotatable bonds is 9. The number of benzene rings is 2. The third-order valence-corrected chi connectivity index (χ3v) is 4.84. The minimum atomic E-state index is -0.596. The van der Waals surface area contributed by atoms with Gasteiger partial charge in [-0.1, -0.05) is 0 Å². The fraction of sp³-hybridized carbons (Fsp3) is 0.263. The summed E-state index contributed by atoms with van der Waals surface area (Å²) in [5, 5.41) is 10.1. The summed E-state index contributed by atoms with van der Waals surface area (Å²) < 4.78 is 15.4. The number of hydrogen-bond acceptors (Lipinski definition) is 8. The number of carbonyl (C=O) groups is 2. The summed E-state index contributed by atoms with van der Waals surface area (Å²) in [5.41, 5.74) is 0.225. The number of nitro benzene ring substituents is 1. The molecule has 0 N–H and O–H groups in total. The molecule has 2 rings (SSSR count). The summed E-state index contributed by atoms with van der Waals surface area (Å²) >= 11 is 1.18. The topological polar surface area (TPSA) is 105 Å². The maximum atomic E-state index is 12.4. The minimum absolute atomic E-state index is 0.0302. The molecular weight excluding hydrogens is 386 g/mol. The first-order chi connectivity index (χ1) is 13.3. The Labute approximate surface area is 165 Å². The van der Waals surface area contributed by atoms with Crippen molar-refractivity contribution in [2.45, 2.75) is 17.1 Å². The molecule has 2 aromatic carbocycles. The summed E-state index contributed by atoms with van der Waals surface area (Å²) in [4.78, 5) is 35.4. The molecule has 0 aliphatic carbocycles. The fourth-order valence-corrected chi connectivity index (χ4v) is 3.13. The molecule has 0 saturated carbocycles. The summed E-state index contributed by atoms with van der Waals surface area (Å²) in [7, 11) is 2.92. The molecule has 0 unspecified atom stereocenters. The molecule has 0 amide bonds. The number of Topliss-reactive ketones (excluding diaryl/α,β-unsaturated/α-hetero) is 1. The molecule has 9 heteroatoms. The van der Waals surface area contributed by atoms with E-state index in [4.69, 9.17) is 14.2 Å². The van der Waals surface area contributed by atoms with E-state index in [1.807, 2.05) is 0 Å². The molecule has 0 heterocycles. The Hall–Kier alpha value is -3.07. The molecule has 1 atom stereocenters. The van der Waals surface area contributed by atoms with Crippen molar-refractivity contribution in [2.75, 3.05) is 20.8 Å². The third-order valence-electron chi connectivity index (χ3n) is 3.74. The van der Waals surface area contributed by atoms with Crippen LogP contribution in [0.1, 0.15) is 17.3 Å². The van der Waals surface area contributed by atoms with Gasteiger partial charge < -0.3 is 14.2 Å². The van der Waals surface area contributed by atoms with Crippen LogP contribution in [0, 0.1) is 10.1 Å². The van der Waals surface area contributed by atoms with Gasteiger partial charge in [-0.2, -0.15) is 0 Å². The third kappa shape index (κ3) is 5.46. The van der Waals surface area contributed by atoms with Crippen molar-refractivity contribution in [3.8, 4) is 11.5 Å². The van der Waals surface area contributed by atoms with Crippen LogP contribution < -0.4 is 9.47 Å². The standard InChI is InChI=1S/C19H19NO7S/c1-12(28-15-7-4-13(5-8-15)20(23)24)19(22)27-11-17(21)16-10-14(25-2)6-9-18(16)26-3/h4-10,12H,11H2,1-3H3/t12-/m0/s1. The van der Waals surface area contributed by atoms with Crippen molar-refractivity contribution < 1.29 is 28.7 Å². The maximum Gasteiger partial charge on any atom is 0.319 e. The van der Waals surface area contributed by atoms with Gasteiger partial charge in [-0.25, -0.2) is 0 Å². The number of nitro groups is 1. The van der Waals surface area contributed by atoms with E-state index in [0.717, 1.165) is 0 Å². The first-order valence-corrected chi connectivity index (χ1v) is 9.06. The van der Waals surface area contributed by atoms with Gasteiger partial charge in [0, 0.05) is 17.0 Å². The lowest BCUT2D eigenvalue weighted by atomic mass is 10.1. The monoisotopic (exact) mass is 405 g/mol. The van der Waals surface area contributed by atoms with Crippen LogP contribution >= 0.6 is 11.8 Å². The van der Waals surface area contributed by atoms with E-state index in [0.29, 0.717) is 16.4 Å². The van der Waals surface area contributed by atoms with Gasteiger partial charge in [-0.15, -0.1) is 11.8 Å². The normalized spacial score (nSPS) is 11.4. The van der Waals surface area contributed by atoms with Gasteiger partial charge in [-0.3, -0.25) is 19.7 Å². The van der Waals surface area contributed by atoms with Crippen molar-refractivity contribution in [3.63, 3.8) is 0 Å². The van der Waals surface area contributed by atoms with Gasteiger partial charge >= 0.3 is 5.97 Å². The van der Waals surface area contributed by atoms with Crippen LogP contribution in [-0.2, 0) is 9.53 Å². The maximum absolute atomic E-state index is 12.4. The van der Waals surface area contributed by atoms with Gasteiger partial charge in [0.05, 0.1) is 24.7 Å². The van der Waals surface area contributed by atoms with Gasteiger partial charge in [0.2, 0.25) is 5.78 Å². The molecule has 0 aliphatic heterocycles. The quantitative estimate of drug-likeness (QED) is 0.205. The Morgan fingerprint density at radius 1 is 1.11 bits per heavy atom. The molecule has 2 aromatic rings. The summed E-state index contributed by atoms with van der Waals surface area (Å²) in [6.45, 7) is 1.19. The Bertz CT molecular complexity index is 867. The van der Waals surface area contributed by atoms with Crippen molar-refractivity contribution in [3.05, 3.63) is 58.1 Å². The Morgan fingerprint density at radius 2 is 1.79 bits per heavy atom. The second-order valence-corrected chi connectivity index (χ2v) is 7.02. The average molecular weight is 405 g/mol. The van der Waals surface area contributed by atoms with E-state index in [2.05, 4.69) is 0 Å². The number of hydrogen-bond donors (Lipinski definition) is 0. The predicted molar refractivity (Wildman–Crippen MR) is 103 cm³/mol. The predicted octanol–water partition coefficient (Wildman–Crippen LogP) is 3.52. The SMILES string of the molecule is COc1ccc(OC)c(C(=O)COC(=O)[C@H](C)Sc2ccc([N+](=O)[O-])cc2)c1. The lowest BCUT2D eigenvalue weighted by Crippen LogP contribution is -2.21. The van der Waals surface area contributed by atoms with Crippen LogP contribution in [0.25, 0.3) is 0 Å². The second-order valence-electron chi connectivity index (χ2n) is 5.61. The lowest BCUT2D eigenvalue weighted by Gasteiger charge is -2.12. The van der Waals surface area contributed by atoms with Gasteiger partial charge in [0.1, 0.15) is 16.7 Å². The van der Waals surface area contributed by atoms with Crippen LogP contribution in [0.5, 0.6) is 11.5 Å². The van der Waals surface area contributed by atoms with Gasteiger partial charge in [0.15, 0.2) is 6.61 Å². The molecule has 0 saturated heterocycles. The van der Waals surface area contributed by atoms with E-state index in [-0.39, 0.29) is 11.3 Å². The highest BCUT2D eigenvalue weighted by Crippen LogP contribution is 2.27. The molecule has 148 valence electrons. The fourth-order valence-electron chi connectivity index (χ4n) is 2.26. The Kier molecular flexibility index (Phi) is 7.39. The first kappa shape index (κ1) is 21.2. The van der Waals surface area contributed by atoms with E-state index < -0.39 is 28.5 Å². The van der Waals surface area contributed by atoms with E-state index in [1.54, 1.807) is 31.2 Å². The van der Waals surface area contributed by atoms with Gasteiger partial charge in [0.25, 0.3) is 5.69 Å². The van der Waals surface area contributed by atoms with Gasteiger partial charge in [-0.05, 0) is 37.3 Å². The number of nitrogens with zero attached hydrogens (tertiary/aromatic N) is 1. The molecule has 0 aromatic heterocycles. The zero-order valence-corrected chi connectivity index (χ0v) is 16.4. The molecular formula is C19H19NO7S. The summed E-state index contributed by atoms with van der Waals surface area (Å²) in [6, 6.07) is 10.6. The van der Waals surface area contributed by atoms with Crippen molar-refractivity contribution in [1.29, 1.82) is 0 Å². The molecule has 28 heavy (non-hydrogen) atoms. The smallest absolute Gasteiger partial charge is 0.319 e. The molecule has 0 radical (unpaired) electrons. The number of esters is 1. The Morgan fingerprint density at radius 3 is 2.36 bits per heavy atom. The molecule has 0 fully saturated rings. The number of ketones is 1. The summed E-state index contributed by atoms with van der Waals surface area (Å²) in [6.07, 6.45) is 0. The highest BCUT2D eigenvalue weighted by molar-refractivity contribution is 8.00. The van der Waals surface area contributed by atoms with E-state index in [9.17, 15) is 19.7 Å². The minimum Gasteiger partial charge on any atom is -0.497 e. The summed E-state index contributed by atoms with van der Waals surface area (Å²) in [5.74, 6) is -0.150. The number of ether oxygens (including phenoxy) is 3. The number of thioether (sulfide) groups is 1. The second kappa shape index (κ2) is 9.75. The number of carbonyl (C=O) groups excluding carboxylic acids is 2. The molecule has 0 aliphatic rings. The first-order valence-electron chi connectivity index (χ1n) is 8.18. The van der Waals surface area contributed by atoms with Crippen molar-refractivity contribution >= 4 is 29.2 Å². The molecule has 0 spiro atoms. The molecule has 8 nitrogen and oxygen atoms in total. The zero-order chi connectivity index (χ0) is 20.7. The molecule has 0 bridgehead atoms. The van der Waals surface area contributed by atoms with Crippen LogP contribution in [0.2, 0.25) is 0 Å². The lowest BCUT2D eigenvalue weighted by molar-refractivity contribution is -0.384. The number of non-ortho nitro benzene ring substituents is 1. The highest BCUT2D eigenvalue weighted by atomic mass is 32.2. The van der Waals surface area contributed by atoms with Crippen LogP contribution in [-0.4, -0.2) is 42.8 Å². The largest absolute Gasteiger partial charge is 0.497 e. The van der Waals surface area contributed by atoms with E-state index >= 15 is 0 Å².